The van der Waals surface area contributed by atoms with Gasteiger partial charge in [-0.05, 0) is 124 Å². The Morgan fingerprint density at radius 3 is 1.65 bits per heavy atom. The molecule has 5 heterocycles. The molecular formula is C64H60B2N2O. The van der Waals surface area contributed by atoms with Crippen molar-refractivity contribution in [1.29, 1.82) is 0 Å². The molecule has 8 aromatic carbocycles. The van der Waals surface area contributed by atoms with E-state index in [0.717, 1.165) is 38.8 Å². The fourth-order valence-corrected chi connectivity index (χ4v) is 12.3. The summed E-state index contributed by atoms with van der Waals surface area (Å²) in [5, 5.41) is 2.29. The zero-order valence-corrected chi connectivity index (χ0v) is 42.3. The number of furan rings is 1. The molecule has 0 N–H and O–H groups in total. The van der Waals surface area contributed by atoms with Crippen molar-refractivity contribution in [3.63, 3.8) is 0 Å². The van der Waals surface area contributed by atoms with Crippen molar-refractivity contribution in [2.45, 2.75) is 105 Å². The van der Waals surface area contributed by atoms with Gasteiger partial charge in [0, 0.05) is 55.9 Å². The highest BCUT2D eigenvalue weighted by molar-refractivity contribution is 7.03. The Hall–Kier alpha value is -6.71. The molecule has 69 heavy (non-hydrogen) atoms. The molecular weight excluding hydrogens is 834 g/mol. The number of hydrogen-bond donors (Lipinski definition) is 0. The third-order valence-corrected chi connectivity index (χ3v) is 16.0. The van der Waals surface area contributed by atoms with Gasteiger partial charge in [-0.3, -0.25) is 0 Å². The fraction of sp³-hybridized carbons (Fsp3) is 0.250. The van der Waals surface area contributed by atoms with E-state index in [0.29, 0.717) is 0 Å². The molecule has 3 nitrogen and oxygen atoms in total. The molecule has 0 amide bonds. The Morgan fingerprint density at radius 2 is 0.971 bits per heavy atom. The number of benzene rings is 8. The highest BCUT2D eigenvalue weighted by Crippen LogP contribution is 2.52. The van der Waals surface area contributed by atoms with Crippen LogP contribution in [0.15, 0.2) is 150 Å². The van der Waals surface area contributed by atoms with Crippen molar-refractivity contribution in [1.82, 2.24) is 0 Å². The van der Waals surface area contributed by atoms with Crippen LogP contribution in [0.5, 0.6) is 0 Å². The molecule has 0 radical (unpaired) electrons. The van der Waals surface area contributed by atoms with E-state index in [1.54, 1.807) is 0 Å². The number of rotatable bonds is 2. The molecule has 0 spiro atoms. The summed E-state index contributed by atoms with van der Waals surface area (Å²) >= 11 is 0. The Morgan fingerprint density at radius 1 is 0.406 bits per heavy atom. The molecule has 0 unspecified atom stereocenters. The van der Waals surface area contributed by atoms with E-state index in [2.05, 4.69) is 238 Å². The first-order valence-corrected chi connectivity index (χ1v) is 25.2. The van der Waals surface area contributed by atoms with E-state index in [-0.39, 0.29) is 35.2 Å². The minimum Gasteiger partial charge on any atom is -0.455 e. The van der Waals surface area contributed by atoms with Crippen LogP contribution < -0.4 is 37.0 Å². The molecule has 1 aromatic heterocycles. The highest BCUT2D eigenvalue weighted by atomic mass is 16.3. The fourth-order valence-electron chi connectivity index (χ4n) is 12.3. The summed E-state index contributed by atoms with van der Waals surface area (Å²) in [6, 6.07) is 56.4. The van der Waals surface area contributed by atoms with Gasteiger partial charge in [0.15, 0.2) is 0 Å². The molecule has 0 bridgehead atoms. The summed E-state index contributed by atoms with van der Waals surface area (Å²) in [6.45, 7) is 28.3. The SMILES string of the molecule is CC(C)(C)c1ccc2c(c1)B1c3cc(C(C)(C)C)ccc3-c3ccc4c5c3N1c1c(cc(C(C)(C)C)cc1-2)B5c1cc(C(C)(C)C)ccc1N4c1cccc(-c2cccc3c2oc2ccccc23)c1. The second kappa shape index (κ2) is 14.0. The first kappa shape index (κ1) is 42.4. The van der Waals surface area contributed by atoms with Crippen molar-refractivity contribution >= 4 is 91.2 Å². The van der Waals surface area contributed by atoms with Gasteiger partial charge < -0.3 is 14.1 Å². The average molecular weight is 895 g/mol. The van der Waals surface area contributed by atoms with Gasteiger partial charge in [-0.1, -0.05) is 192 Å². The minimum absolute atomic E-state index is 0.00494. The van der Waals surface area contributed by atoms with E-state index in [9.17, 15) is 0 Å². The average Bonchev–Trinajstić information content (AvgIpc) is 3.70. The van der Waals surface area contributed by atoms with Gasteiger partial charge in [0.25, 0.3) is 6.71 Å². The van der Waals surface area contributed by atoms with Crippen LogP contribution in [0.25, 0.3) is 55.3 Å². The second-order valence-electron chi connectivity index (χ2n) is 24.6. The van der Waals surface area contributed by atoms with Crippen LogP contribution in [0.2, 0.25) is 0 Å². The van der Waals surface area contributed by atoms with Gasteiger partial charge in [-0.2, -0.15) is 0 Å². The van der Waals surface area contributed by atoms with Crippen LogP contribution in [-0.2, 0) is 21.7 Å². The Balaban J connectivity index is 1.14. The van der Waals surface area contributed by atoms with E-state index in [1.807, 2.05) is 0 Å². The predicted octanol–water partition coefficient (Wildman–Crippen LogP) is 14.0. The zero-order valence-electron chi connectivity index (χ0n) is 42.3. The lowest BCUT2D eigenvalue weighted by Gasteiger charge is -2.52. The summed E-state index contributed by atoms with van der Waals surface area (Å²) in [7, 11) is 0. The van der Waals surface area contributed by atoms with Crippen molar-refractivity contribution in [2.75, 3.05) is 9.71 Å². The Bertz CT molecular complexity index is 3700. The van der Waals surface area contributed by atoms with Crippen molar-refractivity contribution in [3.8, 4) is 33.4 Å². The maximum atomic E-state index is 6.65. The van der Waals surface area contributed by atoms with E-state index >= 15 is 0 Å². The van der Waals surface area contributed by atoms with Gasteiger partial charge >= 0.3 is 6.85 Å². The summed E-state index contributed by atoms with van der Waals surface area (Å²) in [4.78, 5) is 5.40. The lowest BCUT2D eigenvalue weighted by molar-refractivity contribution is 0.590. The molecule has 4 aliphatic heterocycles. The molecule has 0 saturated carbocycles. The second-order valence-corrected chi connectivity index (χ2v) is 24.6. The first-order chi connectivity index (χ1) is 32.8. The van der Waals surface area contributed by atoms with Crippen molar-refractivity contribution in [3.05, 3.63) is 168 Å². The molecule has 0 saturated heterocycles. The summed E-state index contributed by atoms with van der Waals surface area (Å²) < 4.78 is 6.65. The van der Waals surface area contributed by atoms with Gasteiger partial charge in [-0.25, -0.2) is 0 Å². The predicted molar refractivity (Wildman–Crippen MR) is 298 cm³/mol. The maximum absolute atomic E-state index is 6.65. The lowest BCUT2D eigenvalue weighted by Crippen LogP contribution is -2.69. The standard InChI is InChI=1S/C64H60B2N2O/c1-61(2,3)38-23-26-44-47-28-30-55-57-59(47)68-58-49(45-27-24-39(62(4,5)6)34-51(45)66(68)50(44)33-38)32-41(64(10,11)12)36-53(58)65(57)52-35-40(63(7,8)9)25-29-54(52)67(55)42-18-15-17-37(31-42)43-20-16-21-48-46-19-13-14-22-56(46)69-60(43)48/h13-36H,1-12H3. The molecule has 9 aromatic rings. The van der Waals surface area contributed by atoms with E-state index < -0.39 is 0 Å². The smallest absolute Gasteiger partial charge is 0.329 e. The molecule has 0 atom stereocenters. The number of anilines is 5. The number of nitrogens with zero attached hydrogens (tertiary/aromatic N) is 2. The summed E-state index contributed by atoms with van der Waals surface area (Å²) in [5.41, 5.74) is 28.0. The van der Waals surface area contributed by atoms with Gasteiger partial charge in [0.1, 0.15) is 11.2 Å². The van der Waals surface area contributed by atoms with Gasteiger partial charge in [0.05, 0.1) is 0 Å². The Kier molecular flexibility index (Phi) is 8.58. The van der Waals surface area contributed by atoms with Crippen LogP contribution in [-0.4, -0.2) is 13.6 Å². The number of hydrogen-bond acceptors (Lipinski definition) is 3. The van der Waals surface area contributed by atoms with Crippen molar-refractivity contribution in [2.24, 2.45) is 0 Å². The normalized spacial score (nSPS) is 14.6. The van der Waals surface area contributed by atoms with Crippen LogP contribution in [0.1, 0.15) is 105 Å². The summed E-state index contributed by atoms with van der Waals surface area (Å²) in [5.74, 6) is 0. The Labute approximate surface area is 409 Å². The number of fused-ring (bicyclic) bond motifs is 12. The molecule has 0 fully saturated rings. The van der Waals surface area contributed by atoms with Crippen LogP contribution in [0.4, 0.5) is 28.4 Å². The quantitative estimate of drug-likeness (QED) is 0.161. The maximum Gasteiger partial charge on any atom is 0.329 e. The number of para-hydroxylation sites is 2. The first-order valence-electron chi connectivity index (χ1n) is 25.2. The molecule has 13 rings (SSSR count). The van der Waals surface area contributed by atoms with E-state index in [1.165, 1.54) is 94.6 Å². The van der Waals surface area contributed by atoms with Crippen molar-refractivity contribution < 1.29 is 4.42 Å². The summed E-state index contributed by atoms with van der Waals surface area (Å²) in [6.07, 6.45) is 0. The lowest BCUT2D eigenvalue weighted by atomic mass is 9.30. The highest BCUT2D eigenvalue weighted by Gasteiger charge is 2.52. The van der Waals surface area contributed by atoms with E-state index in [4.69, 9.17) is 4.42 Å². The molecule has 4 aliphatic rings. The van der Waals surface area contributed by atoms with Gasteiger partial charge in [0.2, 0.25) is 0 Å². The third-order valence-electron chi connectivity index (χ3n) is 16.0. The topological polar surface area (TPSA) is 19.6 Å². The van der Waals surface area contributed by atoms with Gasteiger partial charge in [-0.15, -0.1) is 0 Å². The van der Waals surface area contributed by atoms with Crippen LogP contribution >= 0.6 is 0 Å². The molecule has 0 aliphatic carbocycles. The molecule has 338 valence electrons. The largest absolute Gasteiger partial charge is 0.455 e. The third kappa shape index (κ3) is 6.08. The molecule has 5 heteroatoms. The van der Waals surface area contributed by atoms with Crippen LogP contribution in [0.3, 0.4) is 0 Å². The minimum atomic E-state index is -0.0745. The zero-order chi connectivity index (χ0) is 47.8. The monoisotopic (exact) mass is 894 g/mol. The van der Waals surface area contributed by atoms with Crippen LogP contribution in [0, 0.1) is 0 Å².